The van der Waals surface area contributed by atoms with Crippen molar-refractivity contribution in [1.29, 1.82) is 0 Å². The summed E-state index contributed by atoms with van der Waals surface area (Å²) in [6.45, 7) is 0. The number of carbonyl (C=O) groups is 1. The van der Waals surface area contributed by atoms with Crippen LogP contribution in [0.5, 0.6) is 0 Å². The maximum atomic E-state index is 12.2. The Kier molecular flexibility index (Phi) is 2.05. The number of hydrogen-bond acceptors (Lipinski definition) is 1. The van der Waals surface area contributed by atoms with E-state index < -0.39 is 0 Å². The first kappa shape index (κ1) is 9.85. The van der Waals surface area contributed by atoms with Crippen LogP contribution in [0.25, 0.3) is 11.1 Å². The fraction of sp³-hybridized carbons (Fsp3) is 0. The van der Waals surface area contributed by atoms with Crippen LogP contribution in [-0.2, 0) is 0 Å². The van der Waals surface area contributed by atoms with E-state index in [1.165, 1.54) is 0 Å². The van der Waals surface area contributed by atoms with Gasteiger partial charge in [-0.15, -0.1) is 0 Å². The lowest BCUT2D eigenvalue weighted by molar-refractivity contribution is 0.104. The maximum Gasteiger partial charge on any atom is 0.194 e. The van der Waals surface area contributed by atoms with Crippen molar-refractivity contribution in [1.82, 2.24) is 0 Å². The standard InChI is InChI=1S/C13H8BBrO/c14-7-1-3-9-10-4-2-8(15)6-12(10)13(16)11(9)5-7/h1-6H,14H2. The van der Waals surface area contributed by atoms with Gasteiger partial charge in [-0.1, -0.05) is 45.7 Å². The molecule has 0 N–H and O–H groups in total. The van der Waals surface area contributed by atoms with Crippen molar-refractivity contribution >= 4 is 35.0 Å². The fourth-order valence-corrected chi connectivity index (χ4v) is 2.53. The van der Waals surface area contributed by atoms with Crippen molar-refractivity contribution in [2.75, 3.05) is 0 Å². The lowest BCUT2D eigenvalue weighted by atomic mass is 9.92. The second-order valence-electron chi connectivity index (χ2n) is 4.07. The van der Waals surface area contributed by atoms with E-state index in [2.05, 4.69) is 15.9 Å². The van der Waals surface area contributed by atoms with Gasteiger partial charge in [0.15, 0.2) is 5.78 Å². The van der Waals surface area contributed by atoms with Crippen LogP contribution in [0.3, 0.4) is 0 Å². The van der Waals surface area contributed by atoms with Crippen LogP contribution < -0.4 is 5.46 Å². The fourth-order valence-electron chi connectivity index (χ4n) is 2.17. The van der Waals surface area contributed by atoms with E-state index in [0.717, 1.165) is 32.2 Å². The predicted octanol–water partition coefficient (Wildman–Crippen LogP) is 1.92. The summed E-state index contributed by atoms with van der Waals surface area (Å²) in [5, 5.41) is 0. The topological polar surface area (TPSA) is 17.1 Å². The van der Waals surface area contributed by atoms with Gasteiger partial charge < -0.3 is 0 Å². The van der Waals surface area contributed by atoms with E-state index >= 15 is 0 Å². The van der Waals surface area contributed by atoms with Gasteiger partial charge in [0.1, 0.15) is 7.85 Å². The number of ketones is 1. The number of hydrogen-bond donors (Lipinski definition) is 0. The molecule has 1 aliphatic rings. The van der Waals surface area contributed by atoms with Gasteiger partial charge in [0.25, 0.3) is 0 Å². The Hall–Kier alpha value is -1.35. The normalized spacial score (nSPS) is 12.4. The molecule has 0 aliphatic heterocycles. The smallest absolute Gasteiger partial charge is 0.194 e. The molecule has 2 aromatic rings. The first-order valence-electron chi connectivity index (χ1n) is 5.12. The summed E-state index contributed by atoms with van der Waals surface area (Å²) in [6, 6.07) is 11.9. The number of rotatable bonds is 0. The molecule has 0 unspecified atom stereocenters. The molecule has 3 rings (SSSR count). The van der Waals surface area contributed by atoms with E-state index in [-0.39, 0.29) is 5.78 Å². The first-order valence-corrected chi connectivity index (χ1v) is 5.91. The lowest BCUT2D eigenvalue weighted by Gasteiger charge is -2.00. The van der Waals surface area contributed by atoms with Crippen molar-refractivity contribution in [3.63, 3.8) is 0 Å². The highest BCUT2D eigenvalue weighted by molar-refractivity contribution is 9.10. The minimum atomic E-state index is 0.134. The average molecular weight is 271 g/mol. The van der Waals surface area contributed by atoms with Gasteiger partial charge in [-0.25, -0.2) is 0 Å². The molecule has 1 aliphatic carbocycles. The monoisotopic (exact) mass is 270 g/mol. The molecule has 0 aromatic heterocycles. The van der Waals surface area contributed by atoms with Crippen molar-refractivity contribution < 1.29 is 4.79 Å². The minimum Gasteiger partial charge on any atom is -0.289 e. The van der Waals surface area contributed by atoms with Gasteiger partial charge in [-0.3, -0.25) is 4.79 Å². The zero-order valence-corrected chi connectivity index (χ0v) is 10.3. The van der Waals surface area contributed by atoms with Gasteiger partial charge in [0, 0.05) is 15.6 Å². The van der Waals surface area contributed by atoms with Crippen LogP contribution in [0, 0.1) is 0 Å². The molecule has 0 saturated carbocycles. The van der Waals surface area contributed by atoms with Gasteiger partial charge in [-0.2, -0.15) is 0 Å². The maximum absolute atomic E-state index is 12.2. The molecule has 0 saturated heterocycles. The van der Waals surface area contributed by atoms with E-state index in [1.807, 2.05) is 44.2 Å². The summed E-state index contributed by atoms with van der Waals surface area (Å²) in [5.41, 5.74) is 4.85. The highest BCUT2D eigenvalue weighted by Gasteiger charge is 2.26. The van der Waals surface area contributed by atoms with Crippen LogP contribution in [0.1, 0.15) is 15.9 Å². The molecule has 0 amide bonds. The van der Waals surface area contributed by atoms with E-state index in [4.69, 9.17) is 0 Å². The summed E-state index contributed by atoms with van der Waals surface area (Å²) in [7, 11) is 2.01. The second kappa shape index (κ2) is 3.32. The second-order valence-corrected chi connectivity index (χ2v) is 4.98. The first-order chi connectivity index (χ1) is 7.66. The SMILES string of the molecule is Bc1ccc2c(c1)C(=O)c1cc(Br)ccc1-2. The largest absolute Gasteiger partial charge is 0.289 e. The third-order valence-electron chi connectivity index (χ3n) is 2.94. The predicted molar refractivity (Wildman–Crippen MR) is 71.2 cm³/mol. The number of halogens is 1. The Morgan fingerprint density at radius 2 is 1.50 bits per heavy atom. The molecule has 1 nitrogen and oxygen atoms in total. The molecule has 0 radical (unpaired) electrons. The van der Waals surface area contributed by atoms with Crippen molar-refractivity contribution in [2.45, 2.75) is 0 Å². The van der Waals surface area contributed by atoms with Gasteiger partial charge in [0.05, 0.1) is 0 Å². The third-order valence-corrected chi connectivity index (χ3v) is 3.43. The van der Waals surface area contributed by atoms with Gasteiger partial charge in [0.2, 0.25) is 0 Å². The zero-order valence-electron chi connectivity index (χ0n) is 8.75. The van der Waals surface area contributed by atoms with Crippen molar-refractivity contribution in [2.24, 2.45) is 0 Å². The number of carbonyl (C=O) groups excluding carboxylic acids is 1. The third kappa shape index (κ3) is 1.28. The molecule has 0 fully saturated rings. The molecular formula is C13H8BBrO. The van der Waals surface area contributed by atoms with Crippen LogP contribution in [0.15, 0.2) is 40.9 Å². The summed E-state index contributed by atoms with van der Waals surface area (Å²) in [4.78, 5) is 12.2. The van der Waals surface area contributed by atoms with Crippen LogP contribution >= 0.6 is 15.9 Å². The Morgan fingerprint density at radius 1 is 0.875 bits per heavy atom. The molecule has 0 bridgehead atoms. The van der Waals surface area contributed by atoms with Crippen LogP contribution in [0.2, 0.25) is 0 Å². The molecule has 0 spiro atoms. The molecule has 0 heterocycles. The highest BCUT2D eigenvalue weighted by atomic mass is 79.9. The minimum absolute atomic E-state index is 0.134. The van der Waals surface area contributed by atoms with Gasteiger partial charge in [-0.05, 0) is 23.3 Å². The van der Waals surface area contributed by atoms with Crippen molar-refractivity contribution in [3.8, 4) is 11.1 Å². The zero-order chi connectivity index (χ0) is 11.3. The Morgan fingerprint density at radius 3 is 2.25 bits per heavy atom. The lowest BCUT2D eigenvalue weighted by Crippen LogP contribution is -2.05. The Balaban J connectivity index is 2.34. The molecule has 16 heavy (non-hydrogen) atoms. The molecule has 0 atom stereocenters. The summed E-state index contributed by atoms with van der Waals surface area (Å²) in [6.07, 6.45) is 0. The quantitative estimate of drug-likeness (QED) is 0.571. The molecule has 76 valence electrons. The Bertz CT molecular complexity index is 566. The molecule has 2 aromatic carbocycles. The van der Waals surface area contributed by atoms with Gasteiger partial charge >= 0.3 is 0 Å². The summed E-state index contributed by atoms with van der Waals surface area (Å²) < 4.78 is 0.948. The van der Waals surface area contributed by atoms with E-state index in [1.54, 1.807) is 0 Å². The number of fused-ring (bicyclic) bond motifs is 3. The summed E-state index contributed by atoms with van der Waals surface area (Å²) >= 11 is 3.40. The summed E-state index contributed by atoms with van der Waals surface area (Å²) in [5.74, 6) is 0.134. The van der Waals surface area contributed by atoms with Crippen molar-refractivity contribution in [3.05, 3.63) is 52.0 Å². The van der Waals surface area contributed by atoms with Crippen LogP contribution in [0.4, 0.5) is 0 Å². The Labute approximate surface area is 103 Å². The molecular weight excluding hydrogens is 263 g/mol. The van der Waals surface area contributed by atoms with E-state index in [9.17, 15) is 4.79 Å². The van der Waals surface area contributed by atoms with E-state index in [0.29, 0.717) is 0 Å². The average Bonchev–Trinajstić information content (AvgIpc) is 2.53. The number of benzene rings is 2. The van der Waals surface area contributed by atoms with Crippen LogP contribution in [-0.4, -0.2) is 13.6 Å². The molecule has 3 heteroatoms. The highest BCUT2D eigenvalue weighted by Crippen LogP contribution is 2.37.